The Kier molecular flexibility index (Phi) is 4.80. The van der Waals surface area contributed by atoms with Gasteiger partial charge in [-0.25, -0.2) is 4.98 Å². The van der Waals surface area contributed by atoms with Gasteiger partial charge in [0.05, 0.1) is 24.5 Å². The molecule has 3 heterocycles. The molecule has 0 unspecified atom stereocenters. The Bertz CT molecular complexity index is 971. The van der Waals surface area contributed by atoms with Crippen LogP contribution in [0.3, 0.4) is 0 Å². The van der Waals surface area contributed by atoms with E-state index in [0.717, 1.165) is 37.1 Å². The van der Waals surface area contributed by atoms with Gasteiger partial charge in [-0.15, -0.1) is 0 Å². The maximum atomic E-state index is 12.7. The average Bonchev–Trinajstić information content (AvgIpc) is 2.74. The third-order valence-electron chi connectivity index (χ3n) is 4.38. The van der Waals surface area contributed by atoms with Crippen molar-refractivity contribution < 1.29 is 9.53 Å². The summed E-state index contributed by atoms with van der Waals surface area (Å²) in [5.41, 5.74) is 1.74. The van der Waals surface area contributed by atoms with E-state index in [1.54, 1.807) is 6.20 Å². The van der Waals surface area contributed by atoms with Gasteiger partial charge in [-0.3, -0.25) is 9.78 Å². The minimum atomic E-state index is -0.329. The highest BCUT2D eigenvalue weighted by Crippen LogP contribution is 2.19. The number of amides is 1. The number of carbonyl (C=O) groups is 1. The Hall–Kier alpha value is -3.26. The number of ether oxygens (including phenoxy) is 1. The van der Waals surface area contributed by atoms with E-state index in [1.807, 2.05) is 35.2 Å². The molecule has 0 saturated carbocycles. The lowest BCUT2D eigenvalue weighted by atomic mass is 10.2. The first-order chi connectivity index (χ1) is 13.2. The van der Waals surface area contributed by atoms with Crippen LogP contribution in [0.4, 0.5) is 11.6 Å². The van der Waals surface area contributed by atoms with Gasteiger partial charge in [0.2, 0.25) is 11.8 Å². The monoisotopic (exact) mass is 364 g/mol. The number of hydrogen-bond donors (Lipinski definition) is 2. The topological polar surface area (TPSA) is 92.3 Å². The number of piperazine rings is 1. The first-order valence-electron chi connectivity index (χ1n) is 8.78. The van der Waals surface area contributed by atoms with Crippen LogP contribution in [0.1, 0.15) is 10.5 Å². The Labute approximate surface area is 156 Å². The van der Waals surface area contributed by atoms with Gasteiger partial charge in [-0.05, 0) is 12.1 Å². The van der Waals surface area contributed by atoms with E-state index in [4.69, 9.17) is 4.74 Å². The maximum Gasteiger partial charge on any atom is 0.274 e. The molecule has 2 N–H and O–H groups in total. The summed E-state index contributed by atoms with van der Waals surface area (Å²) < 4.78 is 5.26. The van der Waals surface area contributed by atoms with Gasteiger partial charge in [-0.1, -0.05) is 18.2 Å². The summed E-state index contributed by atoms with van der Waals surface area (Å²) in [7, 11) is 1.53. The standard InChI is InChI=1S/C19H20N6O2/c1-27-17-11-16(23-19(24-17)25-8-6-20-7-9-25)18(26)22-14-10-13-4-2-3-5-15(13)21-12-14/h2-5,10-12,20H,6-9H2,1H3,(H,22,26). The summed E-state index contributed by atoms with van der Waals surface area (Å²) in [6.07, 6.45) is 1.63. The number of anilines is 2. The van der Waals surface area contributed by atoms with Crippen molar-refractivity contribution in [2.45, 2.75) is 0 Å². The van der Waals surface area contributed by atoms with E-state index in [-0.39, 0.29) is 11.6 Å². The lowest BCUT2D eigenvalue weighted by Crippen LogP contribution is -2.44. The highest BCUT2D eigenvalue weighted by Gasteiger charge is 2.18. The molecule has 1 aromatic carbocycles. The van der Waals surface area contributed by atoms with Gasteiger partial charge >= 0.3 is 0 Å². The highest BCUT2D eigenvalue weighted by molar-refractivity contribution is 6.03. The molecule has 0 aliphatic carbocycles. The third-order valence-corrected chi connectivity index (χ3v) is 4.38. The van der Waals surface area contributed by atoms with Crippen LogP contribution in [-0.2, 0) is 0 Å². The molecule has 1 fully saturated rings. The van der Waals surface area contributed by atoms with E-state index in [0.29, 0.717) is 17.5 Å². The normalized spacial score (nSPS) is 14.2. The fourth-order valence-corrected chi connectivity index (χ4v) is 2.97. The van der Waals surface area contributed by atoms with Crippen molar-refractivity contribution in [3.63, 3.8) is 0 Å². The summed E-state index contributed by atoms with van der Waals surface area (Å²) in [4.78, 5) is 28.0. The van der Waals surface area contributed by atoms with E-state index >= 15 is 0 Å². The number of hydrogen-bond acceptors (Lipinski definition) is 7. The smallest absolute Gasteiger partial charge is 0.274 e. The summed E-state index contributed by atoms with van der Waals surface area (Å²) in [6.45, 7) is 3.27. The molecule has 138 valence electrons. The van der Waals surface area contributed by atoms with Gasteiger partial charge in [0.15, 0.2) is 0 Å². The molecule has 0 radical (unpaired) electrons. The Morgan fingerprint density at radius 1 is 1.19 bits per heavy atom. The van der Waals surface area contributed by atoms with Crippen molar-refractivity contribution in [1.29, 1.82) is 0 Å². The number of fused-ring (bicyclic) bond motifs is 1. The number of methoxy groups -OCH3 is 1. The molecule has 4 rings (SSSR count). The van der Waals surface area contributed by atoms with Crippen LogP contribution in [0.5, 0.6) is 5.88 Å². The molecule has 2 aromatic heterocycles. The Balaban J connectivity index is 1.59. The Morgan fingerprint density at radius 3 is 2.81 bits per heavy atom. The molecule has 0 atom stereocenters. The molecule has 27 heavy (non-hydrogen) atoms. The van der Waals surface area contributed by atoms with Crippen LogP contribution in [0.2, 0.25) is 0 Å². The second kappa shape index (κ2) is 7.55. The molecular formula is C19H20N6O2. The zero-order chi connectivity index (χ0) is 18.6. The molecule has 8 heteroatoms. The van der Waals surface area contributed by atoms with Crippen LogP contribution >= 0.6 is 0 Å². The molecule has 1 amide bonds. The highest BCUT2D eigenvalue weighted by atomic mass is 16.5. The minimum absolute atomic E-state index is 0.253. The number of rotatable bonds is 4. The molecule has 1 aliphatic rings. The fourth-order valence-electron chi connectivity index (χ4n) is 2.97. The number of benzene rings is 1. The van der Waals surface area contributed by atoms with E-state index < -0.39 is 0 Å². The van der Waals surface area contributed by atoms with Crippen molar-refractivity contribution in [3.8, 4) is 5.88 Å². The number of nitrogens with zero attached hydrogens (tertiary/aromatic N) is 4. The van der Waals surface area contributed by atoms with E-state index in [2.05, 4.69) is 25.6 Å². The summed E-state index contributed by atoms with van der Waals surface area (Å²) >= 11 is 0. The fraction of sp³-hybridized carbons (Fsp3) is 0.263. The van der Waals surface area contributed by atoms with Crippen LogP contribution in [0.15, 0.2) is 42.6 Å². The number of nitrogens with one attached hydrogen (secondary N) is 2. The van der Waals surface area contributed by atoms with E-state index in [9.17, 15) is 4.79 Å². The average molecular weight is 364 g/mol. The molecule has 3 aromatic rings. The van der Waals surface area contributed by atoms with Crippen LogP contribution in [0.25, 0.3) is 10.9 Å². The number of pyridine rings is 1. The predicted molar refractivity (Wildman–Crippen MR) is 103 cm³/mol. The second-order valence-corrected chi connectivity index (χ2v) is 6.20. The third kappa shape index (κ3) is 3.80. The molecule has 8 nitrogen and oxygen atoms in total. The summed E-state index contributed by atoms with van der Waals surface area (Å²) in [5.74, 6) is 0.530. The molecule has 0 bridgehead atoms. The summed E-state index contributed by atoms with van der Waals surface area (Å²) in [5, 5.41) is 7.09. The predicted octanol–water partition coefficient (Wildman–Crippen LogP) is 1.70. The summed E-state index contributed by atoms with van der Waals surface area (Å²) in [6, 6.07) is 11.2. The van der Waals surface area contributed by atoms with Gasteiger partial charge in [0, 0.05) is 37.6 Å². The molecule has 1 saturated heterocycles. The van der Waals surface area contributed by atoms with Crippen LogP contribution in [0, 0.1) is 0 Å². The van der Waals surface area contributed by atoms with Crippen molar-refractivity contribution in [2.24, 2.45) is 0 Å². The first-order valence-corrected chi connectivity index (χ1v) is 8.78. The van der Waals surface area contributed by atoms with Gasteiger partial charge < -0.3 is 20.3 Å². The number of para-hydroxylation sites is 1. The lowest BCUT2D eigenvalue weighted by Gasteiger charge is -2.27. The SMILES string of the molecule is COc1cc(C(=O)Nc2cnc3ccccc3c2)nc(N2CCNCC2)n1. The zero-order valence-corrected chi connectivity index (χ0v) is 15.0. The molecule has 1 aliphatic heterocycles. The van der Waals surface area contributed by atoms with Crippen molar-refractivity contribution in [1.82, 2.24) is 20.3 Å². The lowest BCUT2D eigenvalue weighted by molar-refractivity contribution is 0.102. The first kappa shape index (κ1) is 17.2. The van der Waals surface area contributed by atoms with Gasteiger partial charge in [0.1, 0.15) is 5.69 Å². The maximum absolute atomic E-state index is 12.7. The van der Waals surface area contributed by atoms with Crippen molar-refractivity contribution in [2.75, 3.05) is 43.5 Å². The van der Waals surface area contributed by atoms with Crippen molar-refractivity contribution in [3.05, 3.63) is 48.3 Å². The molecule has 0 spiro atoms. The van der Waals surface area contributed by atoms with Gasteiger partial charge in [0.25, 0.3) is 5.91 Å². The van der Waals surface area contributed by atoms with Crippen molar-refractivity contribution >= 4 is 28.4 Å². The quantitative estimate of drug-likeness (QED) is 0.728. The minimum Gasteiger partial charge on any atom is -0.481 e. The number of carbonyl (C=O) groups excluding carboxylic acids is 1. The zero-order valence-electron chi connectivity index (χ0n) is 15.0. The molecular weight excluding hydrogens is 344 g/mol. The van der Waals surface area contributed by atoms with Gasteiger partial charge in [-0.2, -0.15) is 4.98 Å². The largest absolute Gasteiger partial charge is 0.481 e. The van der Waals surface area contributed by atoms with Crippen LogP contribution < -0.4 is 20.3 Å². The van der Waals surface area contributed by atoms with E-state index in [1.165, 1.54) is 13.2 Å². The number of aromatic nitrogens is 3. The Morgan fingerprint density at radius 2 is 2.00 bits per heavy atom. The second-order valence-electron chi connectivity index (χ2n) is 6.20. The van der Waals surface area contributed by atoms with Crippen LogP contribution in [-0.4, -0.2) is 54.1 Å².